The normalized spacial score (nSPS) is 13.9. The molecule has 0 aliphatic heterocycles. The molecule has 0 saturated carbocycles. The molecular formula is C17H27NO2. The summed E-state index contributed by atoms with van der Waals surface area (Å²) in [6, 6.07) is 4.34. The molecule has 0 saturated heterocycles. The van der Waals surface area contributed by atoms with Crippen molar-refractivity contribution in [1.82, 2.24) is 5.32 Å². The highest BCUT2D eigenvalue weighted by Gasteiger charge is 2.32. The van der Waals surface area contributed by atoms with E-state index in [0.717, 1.165) is 6.54 Å². The Morgan fingerprint density at radius 2 is 1.75 bits per heavy atom. The summed E-state index contributed by atoms with van der Waals surface area (Å²) < 4.78 is 5.13. The van der Waals surface area contributed by atoms with Gasteiger partial charge in [0.2, 0.25) is 0 Å². The first-order valence-corrected chi connectivity index (χ1v) is 7.33. The van der Waals surface area contributed by atoms with Gasteiger partial charge in [-0.2, -0.15) is 0 Å². The van der Waals surface area contributed by atoms with Crippen molar-refractivity contribution >= 4 is 5.97 Å². The Balaban J connectivity index is 3.22. The van der Waals surface area contributed by atoms with Crippen LogP contribution in [0.2, 0.25) is 0 Å². The van der Waals surface area contributed by atoms with E-state index in [4.69, 9.17) is 4.74 Å². The Kier molecular flexibility index (Phi) is 5.75. The van der Waals surface area contributed by atoms with Crippen LogP contribution in [-0.4, -0.2) is 19.1 Å². The molecule has 112 valence electrons. The summed E-state index contributed by atoms with van der Waals surface area (Å²) in [5.41, 5.74) is 4.50. The van der Waals surface area contributed by atoms with Crippen LogP contribution in [0.4, 0.5) is 0 Å². The van der Waals surface area contributed by atoms with Gasteiger partial charge in [0.05, 0.1) is 18.6 Å². The van der Waals surface area contributed by atoms with E-state index in [2.05, 4.69) is 52.1 Å². The van der Waals surface area contributed by atoms with Crippen LogP contribution in [0.3, 0.4) is 0 Å². The lowest BCUT2D eigenvalue weighted by Crippen LogP contribution is -2.43. The zero-order chi connectivity index (χ0) is 15.3. The van der Waals surface area contributed by atoms with Gasteiger partial charge in [0, 0.05) is 0 Å². The van der Waals surface area contributed by atoms with Gasteiger partial charge in [0.25, 0.3) is 0 Å². The van der Waals surface area contributed by atoms with Gasteiger partial charge in [-0.3, -0.25) is 4.79 Å². The number of esters is 1. The molecule has 0 amide bonds. The van der Waals surface area contributed by atoms with E-state index in [9.17, 15) is 4.79 Å². The zero-order valence-electron chi connectivity index (χ0n) is 13.6. The van der Waals surface area contributed by atoms with Crippen LogP contribution in [0.15, 0.2) is 12.1 Å². The summed E-state index contributed by atoms with van der Waals surface area (Å²) in [4.78, 5) is 11.9. The highest BCUT2D eigenvalue weighted by molar-refractivity contribution is 5.71. The first-order valence-electron chi connectivity index (χ1n) is 7.33. The van der Waals surface area contributed by atoms with Crippen LogP contribution in [0.5, 0.6) is 0 Å². The van der Waals surface area contributed by atoms with E-state index in [1.807, 2.05) is 6.92 Å². The minimum Gasteiger partial charge on any atom is -0.466 e. The smallest absolute Gasteiger partial charge is 0.307 e. The van der Waals surface area contributed by atoms with Crippen molar-refractivity contribution in [3.8, 4) is 0 Å². The second-order valence-electron chi connectivity index (χ2n) is 5.62. The van der Waals surface area contributed by atoms with Crippen molar-refractivity contribution in [2.45, 2.75) is 53.5 Å². The third-order valence-corrected chi connectivity index (χ3v) is 3.60. The van der Waals surface area contributed by atoms with E-state index in [0.29, 0.717) is 13.0 Å². The summed E-state index contributed by atoms with van der Waals surface area (Å²) in [5.74, 6) is -0.157. The first-order chi connectivity index (χ1) is 9.34. The third-order valence-electron chi connectivity index (χ3n) is 3.60. The Morgan fingerprint density at radius 3 is 2.20 bits per heavy atom. The molecule has 0 aliphatic carbocycles. The fourth-order valence-electron chi connectivity index (χ4n) is 3.18. The van der Waals surface area contributed by atoms with E-state index in [1.54, 1.807) is 0 Å². The second-order valence-corrected chi connectivity index (χ2v) is 5.62. The molecule has 0 spiro atoms. The molecule has 0 radical (unpaired) electrons. The predicted octanol–water partition coefficient (Wildman–Crippen LogP) is 3.39. The van der Waals surface area contributed by atoms with Gasteiger partial charge in [0.15, 0.2) is 0 Å². The molecule has 3 heteroatoms. The molecule has 1 unspecified atom stereocenters. The van der Waals surface area contributed by atoms with Crippen molar-refractivity contribution in [3.63, 3.8) is 0 Å². The highest BCUT2D eigenvalue weighted by atomic mass is 16.5. The number of carbonyl (C=O) groups is 1. The van der Waals surface area contributed by atoms with Gasteiger partial charge >= 0.3 is 5.97 Å². The number of ether oxygens (including phenoxy) is 1. The molecule has 0 fully saturated rings. The van der Waals surface area contributed by atoms with E-state index < -0.39 is 0 Å². The van der Waals surface area contributed by atoms with Crippen LogP contribution >= 0.6 is 0 Å². The van der Waals surface area contributed by atoms with Crippen molar-refractivity contribution in [2.75, 3.05) is 13.2 Å². The molecule has 0 bridgehead atoms. The van der Waals surface area contributed by atoms with E-state index in [-0.39, 0.29) is 11.5 Å². The summed E-state index contributed by atoms with van der Waals surface area (Å²) in [6.07, 6.45) is 0.347. The molecule has 0 aliphatic rings. The topological polar surface area (TPSA) is 38.3 Å². The fraction of sp³-hybridized carbons (Fsp3) is 0.588. The molecule has 1 aromatic carbocycles. The standard InChI is InChI=1S/C17H27NO2/c1-7-18-17(6,11-15(19)20-8-2)16-13(4)9-12(3)10-14(16)5/h9-10,18H,7-8,11H2,1-6H3. The predicted molar refractivity (Wildman–Crippen MR) is 82.9 cm³/mol. The monoisotopic (exact) mass is 277 g/mol. The van der Waals surface area contributed by atoms with Gasteiger partial charge in [-0.15, -0.1) is 0 Å². The highest BCUT2D eigenvalue weighted by Crippen LogP contribution is 2.31. The van der Waals surface area contributed by atoms with Crippen molar-refractivity contribution in [1.29, 1.82) is 0 Å². The van der Waals surface area contributed by atoms with Gasteiger partial charge in [-0.1, -0.05) is 24.6 Å². The van der Waals surface area contributed by atoms with E-state index >= 15 is 0 Å². The van der Waals surface area contributed by atoms with Crippen molar-refractivity contribution in [3.05, 3.63) is 34.4 Å². The maximum Gasteiger partial charge on any atom is 0.307 e. The van der Waals surface area contributed by atoms with Crippen LogP contribution in [0.1, 0.15) is 49.4 Å². The molecule has 0 heterocycles. The average molecular weight is 277 g/mol. The molecule has 0 aromatic heterocycles. The molecule has 1 aromatic rings. The lowest BCUT2D eigenvalue weighted by atomic mass is 9.82. The summed E-state index contributed by atoms with van der Waals surface area (Å²) >= 11 is 0. The van der Waals surface area contributed by atoms with Crippen molar-refractivity contribution in [2.24, 2.45) is 0 Å². The van der Waals surface area contributed by atoms with Gasteiger partial charge < -0.3 is 10.1 Å². The zero-order valence-corrected chi connectivity index (χ0v) is 13.6. The Morgan fingerprint density at radius 1 is 1.20 bits per heavy atom. The number of hydrogen-bond acceptors (Lipinski definition) is 3. The minimum atomic E-state index is -0.386. The molecule has 1 rings (SSSR count). The quantitative estimate of drug-likeness (QED) is 0.810. The molecule has 1 N–H and O–H groups in total. The maximum atomic E-state index is 11.9. The van der Waals surface area contributed by atoms with Crippen LogP contribution in [-0.2, 0) is 15.1 Å². The maximum absolute atomic E-state index is 11.9. The van der Waals surface area contributed by atoms with Gasteiger partial charge in [-0.05, 0) is 57.9 Å². The summed E-state index contributed by atoms with van der Waals surface area (Å²) in [7, 11) is 0. The summed E-state index contributed by atoms with van der Waals surface area (Å²) in [6.45, 7) is 13.5. The molecule has 20 heavy (non-hydrogen) atoms. The van der Waals surface area contributed by atoms with Gasteiger partial charge in [0.1, 0.15) is 0 Å². The second kappa shape index (κ2) is 6.89. The van der Waals surface area contributed by atoms with Crippen LogP contribution < -0.4 is 5.32 Å². The third kappa shape index (κ3) is 3.83. The van der Waals surface area contributed by atoms with Gasteiger partial charge in [-0.25, -0.2) is 0 Å². The average Bonchev–Trinajstić information content (AvgIpc) is 2.26. The van der Waals surface area contributed by atoms with Crippen molar-refractivity contribution < 1.29 is 9.53 Å². The summed E-state index contributed by atoms with van der Waals surface area (Å²) in [5, 5.41) is 3.46. The molecular weight excluding hydrogens is 250 g/mol. The number of rotatable bonds is 6. The largest absolute Gasteiger partial charge is 0.466 e. The fourth-order valence-corrected chi connectivity index (χ4v) is 3.18. The molecule has 1 atom stereocenters. The Labute approximate surface area is 122 Å². The number of aryl methyl sites for hydroxylation is 3. The Bertz CT molecular complexity index is 459. The first kappa shape index (κ1) is 16.7. The number of hydrogen-bond donors (Lipinski definition) is 1. The Hall–Kier alpha value is -1.35. The number of benzene rings is 1. The van der Waals surface area contributed by atoms with E-state index in [1.165, 1.54) is 22.3 Å². The number of nitrogens with one attached hydrogen (secondary N) is 1. The molecule has 3 nitrogen and oxygen atoms in total. The SMILES string of the molecule is CCNC(C)(CC(=O)OCC)c1c(C)cc(C)cc1C. The lowest BCUT2D eigenvalue weighted by molar-refractivity contribution is -0.144. The van der Waals surface area contributed by atoms with Crippen LogP contribution in [0, 0.1) is 20.8 Å². The minimum absolute atomic E-state index is 0.157. The van der Waals surface area contributed by atoms with Crippen LogP contribution in [0.25, 0.3) is 0 Å². The lowest BCUT2D eigenvalue weighted by Gasteiger charge is -2.33. The number of carbonyl (C=O) groups excluding carboxylic acids is 1.